The molecule has 0 aliphatic heterocycles. The normalized spacial score (nSPS) is 9.80. The summed E-state index contributed by atoms with van der Waals surface area (Å²) < 4.78 is 1.75. The maximum absolute atomic E-state index is 5.79. The van der Waals surface area contributed by atoms with E-state index in [1.165, 1.54) is 0 Å². The summed E-state index contributed by atoms with van der Waals surface area (Å²) in [4.78, 5) is 0. The lowest BCUT2D eigenvalue weighted by atomic mass is 10.3. The Hall–Kier alpha value is -0.760. The summed E-state index contributed by atoms with van der Waals surface area (Å²) in [5.74, 6) is 0. The van der Waals surface area contributed by atoms with Crippen molar-refractivity contribution < 1.29 is 0 Å². The highest BCUT2D eigenvalue weighted by Gasteiger charge is 2.02. The van der Waals surface area contributed by atoms with Gasteiger partial charge in [0.25, 0.3) is 0 Å². The van der Waals surface area contributed by atoms with E-state index in [4.69, 9.17) is 11.6 Å². The lowest BCUT2D eigenvalue weighted by molar-refractivity contribution is 0.728. The van der Waals surface area contributed by atoms with Crippen LogP contribution < -0.4 is 0 Å². The van der Waals surface area contributed by atoms with Crippen LogP contribution in [0, 0.1) is 0 Å². The third kappa shape index (κ3) is 1.21. The van der Waals surface area contributed by atoms with Crippen LogP contribution in [-0.4, -0.2) is 9.78 Å². The van der Waals surface area contributed by atoms with Gasteiger partial charge in [-0.3, -0.25) is 4.68 Å². The topological polar surface area (TPSA) is 17.8 Å². The molecule has 0 fully saturated rings. The Bertz CT molecular complexity index is 220. The molecule has 0 bridgehead atoms. The minimum Gasteiger partial charge on any atom is -0.271 e. The Morgan fingerprint density at radius 3 is 3.00 bits per heavy atom. The monoisotopic (exact) mass is 156 g/mol. The Morgan fingerprint density at radius 1 is 1.90 bits per heavy atom. The zero-order chi connectivity index (χ0) is 7.56. The second kappa shape index (κ2) is 2.88. The van der Waals surface area contributed by atoms with Gasteiger partial charge in [-0.05, 0) is 0 Å². The lowest BCUT2D eigenvalue weighted by Crippen LogP contribution is -1.96. The average molecular weight is 157 g/mol. The van der Waals surface area contributed by atoms with E-state index >= 15 is 0 Å². The Morgan fingerprint density at radius 2 is 2.60 bits per heavy atom. The van der Waals surface area contributed by atoms with Gasteiger partial charge >= 0.3 is 0 Å². The van der Waals surface area contributed by atoms with Crippen molar-refractivity contribution in [2.24, 2.45) is 7.05 Å². The van der Waals surface area contributed by atoms with Gasteiger partial charge in [-0.2, -0.15) is 5.10 Å². The zero-order valence-electron chi connectivity index (χ0n) is 5.84. The maximum atomic E-state index is 5.79. The van der Waals surface area contributed by atoms with E-state index in [0.717, 1.165) is 12.1 Å². The number of aryl methyl sites for hydroxylation is 1. The molecule has 0 N–H and O–H groups in total. The largest absolute Gasteiger partial charge is 0.271 e. The second-order valence-corrected chi connectivity index (χ2v) is 2.46. The smallest absolute Gasteiger partial charge is 0.0820 e. The van der Waals surface area contributed by atoms with Crippen molar-refractivity contribution in [3.05, 3.63) is 29.6 Å². The van der Waals surface area contributed by atoms with Gasteiger partial charge in [0.15, 0.2) is 0 Å². The molecular weight excluding hydrogens is 148 g/mol. The van der Waals surface area contributed by atoms with Crippen LogP contribution in [-0.2, 0) is 13.5 Å². The molecule has 0 amide bonds. The van der Waals surface area contributed by atoms with Crippen LogP contribution in [0.2, 0.25) is 5.02 Å². The van der Waals surface area contributed by atoms with Crippen molar-refractivity contribution in [2.45, 2.75) is 6.42 Å². The van der Waals surface area contributed by atoms with Crippen LogP contribution in [0.4, 0.5) is 0 Å². The van der Waals surface area contributed by atoms with Crippen molar-refractivity contribution >= 4 is 11.6 Å². The highest BCUT2D eigenvalue weighted by molar-refractivity contribution is 6.31. The second-order valence-electron chi connectivity index (χ2n) is 2.06. The lowest BCUT2D eigenvalue weighted by Gasteiger charge is -1.96. The van der Waals surface area contributed by atoms with Gasteiger partial charge in [0.1, 0.15) is 0 Å². The summed E-state index contributed by atoms with van der Waals surface area (Å²) in [5.41, 5.74) is 1.01. The fraction of sp³-hybridized carbons (Fsp3) is 0.286. The standard InChI is InChI=1S/C7H9ClN2/c1-3-4-7-6(8)5-9-10(7)2/h3,5H,1,4H2,2H3. The SMILES string of the molecule is C=CCc1c(Cl)cnn1C. The van der Waals surface area contributed by atoms with Crippen LogP contribution in [0.15, 0.2) is 18.9 Å². The van der Waals surface area contributed by atoms with E-state index in [2.05, 4.69) is 11.7 Å². The van der Waals surface area contributed by atoms with E-state index in [1.807, 2.05) is 13.1 Å². The summed E-state index contributed by atoms with van der Waals surface area (Å²) in [6, 6.07) is 0. The number of rotatable bonds is 2. The van der Waals surface area contributed by atoms with Crippen LogP contribution in [0.3, 0.4) is 0 Å². The highest BCUT2D eigenvalue weighted by atomic mass is 35.5. The predicted octanol–water partition coefficient (Wildman–Crippen LogP) is 1.80. The molecule has 0 spiro atoms. The molecule has 1 rings (SSSR count). The summed E-state index contributed by atoms with van der Waals surface area (Å²) in [5, 5.41) is 4.68. The molecule has 0 aliphatic carbocycles. The third-order valence-corrected chi connectivity index (χ3v) is 1.66. The number of nitrogens with zero attached hydrogens (tertiary/aromatic N) is 2. The average Bonchev–Trinajstić information content (AvgIpc) is 2.20. The number of hydrogen-bond donors (Lipinski definition) is 0. The van der Waals surface area contributed by atoms with E-state index in [1.54, 1.807) is 10.9 Å². The molecule has 0 atom stereocenters. The number of hydrogen-bond acceptors (Lipinski definition) is 1. The Labute approximate surface area is 65.1 Å². The molecule has 10 heavy (non-hydrogen) atoms. The summed E-state index contributed by atoms with van der Waals surface area (Å²) >= 11 is 5.79. The highest BCUT2D eigenvalue weighted by Crippen LogP contribution is 2.14. The van der Waals surface area contributed by atoms with Gasteiger partial charge in [-0.15, -0.1) is 6.58 Å². The van der Waals surface area contributed by atoms with Gasteiger partial charge in [0.05, 0.1) is 16.9 Å². The van der Waals surface area contributed by atoms with E-state index in [0.29, 0.717) is 5.02 Å². The minimum atomic E-state index is 0.711. The predicted molar refractivity (Wildman–Crippen MR) is 42.1 cm³/mol. The molecule has 0 saturated heterocycles. The van der Waals surface area contributed by atoms with Gasteiger partial charge in [0, 0.05) is 13.5 Å². The fourth-order valence-electron chi connectivity index (χ4n) is 0.802. The van der Waals surface area contributed by atoms with Crippen molar-refractivity contribution in [3.8, 4) is 0 Å². The molecular formula is C7H9ClN2. The van der Waals surface area contributed by atoms with Crippen molar-refractivity contribution in [3.63, 3.8) is 0 Å². The molecule has 0 unspecified atom stereocenters. The van der Waals surface area contributed by atoms with Crippen molar-refractivity contribution in [1.29, 1.82) is 0 Å². The molecule has 54 valence electrons. The van der Waals surface area contributed by atoms with Crippen molar-refractivity contribution in [2.75, 3.05) is 0 Å². The first-order chi connectivity index (χ1) is 4.75. The molecule has 0 saturated carbocycles. The van der Waals surface area contributed by atoms with Gasteiger partial charge < -0.3 is 0 Å². The molecule has 0 radical (unpaired) electrons. The van der Waals surface area contributed by atoms with Gasteiger partial charge in [0.2, 0.25) is 0 Å². The Balaban J connectivity index is 2.97. The van der Waals surface area contributed by atoms with Gasteiger partial charge in [-0.25, -0.2) is 0 Å². The molecule has 3 heteroatoms. The summed E-state index contributed by atoms with van der Waals surface area (Å²) in [7, 11) is 1.87. The molecule has 2 nitrogen and oxygen atoms in total. The van der Waals surface area contributed by atoms with Crippen molar-refractivity contribution in [1.82, 2.24) is 9.78 Å². The first kappa shape index (κ1) is 7.35. The molecule has 1 aromatic rings. The summed E-state index contributed by atoms with van der Waals surface area (Å²) in [6.45, 7) is 3.62. The first-order valence-corrected chi connectivity index (χ1v) is 3.40. The van der Waals surface area contributed by atoms with Gasteiger partial charge in [-0.1, -0.05) is 17.7 Å². The van der Waals surface area contributed by atoms with E-state index in [9.17, 15) is 0 Å². The molecule has 0 aliphatic rings. The molecule has 0 aromatic carbocycles. The minimum absolute atomic E-state index is 0.711. The molecule has 1 heterocycles. The molecule has 1 aromatic heterocycles. The van der Waals surface area contributed by atoms with Crippen LogP contribution in [0.25, 0.3) is 0 Å². The first-order valence-electron chi connectivity index (χ1n) is 3.03. The third-order valence-electron chi connectivity index (χ3n) is 1.35. The van der Waals surface area contributed by atoms with Crippen LogP contribution in [0.5, 0.6) is 0 Å². The maximum Gasteiger partial charge on any atom is 0.0820 e. The number of allylic oxidation sites excluding steroid dienone is 1. The summed E-state index contributed by atoms with van der Waals surface area (Å²) in [6.07, 6.45) is 4.22. The fourth-order valence-corrected chi connectivity index (χ4v) is 1.05. The Kier molecular flexibility index (Phi) is 2.12. The number of halogens is 1. The number of aromatic nitrogens is 2. The quantitative estimate of drug-likeness (QED) is 0.598. The van der Waals surface area contributed by atoms with Crippen LogP contribution >= 0.6 is 11.6 Å². The zero-order valence-corrected chi connectivity index (χ0v) is 6.60. The van der Waals surface area contributed by atoms with E-state index < -0.39 is 0 Å². The van der Waals surface area contributed by atoms with E-state index in [-0.39, 0.29) is 0 Å². The van der Waals surface area contributed by atoms with Crippen LogP contribution in [0.1, 0.15) is 5.69 Å².